The van der Waals surface area contributed by atoms with Crippen LogP contribution in [-0.2, 0) is 0 Å². The van der Waals surface area contributed by atoms with Crippen LogP contribution in [0, 0.1) is 5.92 Å². The molecule has 1 aromatic carbocycles. The van der Waals surface area contributed by atoms with E-state index in [9.17, 15) is 5.11 Å². The van der Waals surface area contributed by atoms with E-state index in [-0.39, 0.29) is 6.10 Å². The lowest BCUT2D eigenvalue weighted by molar-refractivity contribution is 0.0860. The molecule has 1 saturated heterocycles. The molecule has 3 N–H and O–H groups in total. The fourth-order valence-corrected chi connectivity index (χ4v) is 2.34. The van der Waals surface area contributed by atoms with Crippen molar-refractivity contribution < 1.29 is 5.11 Å². The van der Waals surface area contributed by atoms with Crippen LogP contribution in [-0.4, -0.2) is 24.3 Å². The number of nitrogen functional groups attached to an aromatic ring is 1. The molecule has 1 fully saturated rings. The van der Waals surface area contributed by atoms with E-state index in [0.29, 0.717) is 5.92 Å². The van der Waals surface area contributed by atoms with Crippen LogP contribution in [0.5, 0.6) is 0 Å². The van der Waals surface area contributed by atoms with E-state index in [1.165, 1.54) is 5.69 Å². The van der Waals surface area contributed by atoms with Gasteiger partial charge in [-0.1, -0.05) is 6.92 Å². The van der Waals surface area contributed by atoms with Crippen molar-refractivity contribution in [3.63, 3.8) is 0 Å². The van der Waals surface area contributed by atoms with Gasteiger partial charge in [0.25, 0.3) is 0 Å². The number of piperidine rings is 1. The fourth-order valence-electron chi connectivity index (χ4n) is 2.34. The maximum atomic E-state index is 9.83. The molecular weight excluding hydrogens is 200 g/mol. The third kappa shape index (κ3) is 2.30. The maximum absolute atomic E-state index is 9.83. The predicted octanol–water partition coefficient (Wildman–Crippen LogP) is 1.87. The highest BCUT2D eigenvalue weighted by molar-refractivity contribution is 5.53. The number of anilines is 2. The molecule has 0 bridgehead atoms. The highest BCUT2D eigenvalue weighted by Crippen LogP contribution is 2.25. The van der Waals surface area contributed by atoms with Gasteiger partial charge in [-0.3, -0.25) is 0 Å². The Hall–Kier alpha value is -1.22. The van der Waals surface area contributed by atoms with E-state index in [1.807, 2.05) is 12.1 Å². The van der Waals surface area contributed by atoms with E-state index in [1.54, 1.807) is 0 Å². The lowest BCUT2D eigenvalue weighted by atomic mass is 9.92. The van der Waals surface area contributed by atoms with Gasteiger partial charge in [-0.05, 0) is 37.1 Å². The molecule has 0 saturated carbocycles. The summed E-state index contributed by atoms with van der Waals surface area (Å²) < 4.78 is 0. The van der Waals surface area contributed by atoms with Gasteiger partial charge in [-0.2, -0.15) is 0 Å². The monoisotopic (exact) mass is 220 g/mol. The number of aliphatic hydroxyl groups is 1. The molecule has 1 heterocycles. The molecule has 88 valence electrons. The minimum absolute atomic E-state index is 0.130. The summed E-state index contributed by atoms with van der Waals surface area (Å²) in [6.45, 7) is 4.02. The Morgan fingerprint density at radius 3 is 2.69 bits per heavy atom. The number of hydrogen-bond acceptors (Lipinski definition) is 3. The third-order valence-corrected chi connectivity index (χ3v) is 3.48. The fraction of sp³-hybridized carbons (Fsp3) is 0.538. The largest absolute Gasteiger partial charge is 0.399 e. The van der Waals surface area contributed by atoms with Gasteiger partial charge in [0, 0.05) is 30.4 Å². The average Bonchev–Trinajstić information content (AvgIpc) is 2.31. The van der Waals surface area contributed by atoms with Crippen molar-refractivity contribution in [1.29, 1.82) is 0 Å². The third-order valence-electron chi connectivity index (χ3n) is 3.48. The first-order valence-electron chi connectivity index (χ1n) is 5.99. The van der Waals surface area contributed by atoms with Crippen molar-refractivity contribution >= 4 is 11.4 Å². The SMILES string of the molecule is CC[C@H]1CN(c2ccc(N)cc2)CC[C@@H]1O. The Bertz CT molecular complexity index is 336. The van der Waals surface area contributed by atoms with Crippen LogP contribution in [0.2, 0.25) is 0 Å². The molecule has 0 radical (unpaired) electrons. The van der Waals surface area contributed by atoms with E-state index in [0.717, 1.165) is 31.6 Å². The molecule has 1 aromatic rings. The Labute approximate surface area is 96.9 Å². The molecule has 0 aromatic heterocycles. The molecule has 3 heteroatoms. The van der Waals surface area contributed by atoms with Gasteiger partial charge in [-0.25, -0.2) is 0 Å². The summed E-state index contributed by atoms with van der Waals surface area (Å²) in [5, 5.41) is 9.83. The van der Waals surface area contributed by atoms with Gasteiger partial charge in [0.2, 0.25) is 0 Å². The van der Waals surface area contributed by atoms with Gasteiger partial charge in [0.15, 0.2) is 0 Å². The molecule has 1 aliphatic rings. The minimum Gasteiger partial charge on any atom is -0.399 e. The molecular formula is C13H20N2O. The molecule has 0 unspecified atom stereocenters. The minimum atomic E-state index is -0.130. The average molecular weight is 220 g/mol. The number of nitrogens with zero attached hydrogens (tertiary/aromatic N) is 1. The molecule has 2 atom stereocenters. The summed E-state index contributed by atoms with van der Waals surface area (Å²) in [7, 11) is 0. The second-order valence-electron chi connectivity index (χ2n) is 4.56. The summed E-state index contributed by atoms with van der Waals surface area (Å²) in [4.78, 5) is 2.33. The molecule has 2 rings (SSSR count). The zero-order valence-corrected chi connectivity index (χ0v) is 9.76. The molecule has 16 heavy (non-hydrogen) atoms. The van der Waals surface area contributed by atoms with Gasteiger partial charge in [-0.15, -0.1) is 0 Å². The first-order chi connectivity index (χ1) is 7.70. The summed E-state index contributed by atoms with van der Waals surface area (Å²) in [5.41, 5.74) is 7.68. The lowest BCUT2D eigenvalue weighted by Gasteiger charge is -2.37. The maximum Gasteiger partial charge on any atom is 0.0602 e. The number of aliphatic hydroxyl groups excluding tert-OH is 1. The van der Waals surface area contributed by atoms with Gasteiger partial charge < -0.3 is 15.7 Å². The number of benzene rings is 1. The zero-order valence-electron chi connectivity index (χ0n) is 9.76. The first-order valence-corrected chi connectivity index (χ1v) is 5.99. The van der Waals surface area contributed by atoms with Crippen molar-refractivity contribution in [3.8, 4) is 0 Å². The Kier molecular flexibility index (Phi) is 3.34. The lowest BCUT2D eigenvalue weighted by Crippen LogP contribution is -2.42. The molecule has 0 spiro atoms. The quantitative estimate of drug-likeness (QED) is 0.748. The van der Waals surface area contributed by atoms with E-state index in [2.05, 4.69) is 24.0 Å². The Balaban J connectivity index is 2.08. The van der Waals surface area contributed by atoms with Crippen molar-refractivity contribution in [2.45, 2.75) is 25.9 Å². The summed E-state index contributed by atoms with van der Waals surface area (Å²) in [6.07, 6.45) is 1.77. The van der Waals surface area contributed by atoms with Gasteiger partial charge >= 0.3 is 0 Å². The van der Waals surface area contributed by atoms with Gasteiger partial charge in [0.05, 0.1) is 6.10 Å². The van der Waals surface area contributed by atoms with E-state index < -0.39 is 0 Å². The standard InChI is InChI=1S/C13H20N2O/c1-2-10-9-15(8-7-13(10)16)12-5-3-11(14)4-6-12/h3-6,10,13,16H,2,7-9,14H2,1H3/t10-,13-/m0/s1. The van der Waals surface area contributed by atoms with Crippen LogP contribution < -0.4 is 10.6 Å². The summed E-state index contributed by atoms with van der Waals surface area (Å²) in [5.74, 6) is 0.395. The molecule has 1 aliphatic heterocycles. The first kappa shape index (κ1) is 11.3. The van der Waals surface area contributed by atoms with Gasteiger partial charge in [0.1, 0.15) is 0 Å². The number of hydrogen-bond donors (Lipinski definition) is 2. The highest BCUT2D eigenvalue weighted by atomic mass is 16.3. The van der Waals surface area contributed by atoms with E-state index >= 15 is 0 Å². The van der Waals surface area contributed by atoms with Crippen molar-refractivity contribution in [2.24, 2.45) is 5.92 Å². The van der Waals surface area contributed by atoms with Crippen LogP contribution in [0.25, 0.3) is 0 Å². The predicted molar refractivity (Wildman–Crippen MR) is 67.5 cm³/mol. The van der Waals surface area contributed by atoms with Crippen LogP contribution >= 0.6 is 0 Å². The Morgan fingerprint density at radius 1 is 1.38 bits per heavy atom. The van der Waals surface area contributed by atoms with Crippen molar-refractivity contribution in [2.75, 3.05) is 23.7 Å². The normalized spacial score (nSPS) is 25.8. The molecule has 0 amide bonds. The topological polar surface area (TPSA) is 49.5 Å². The highest BCUT2D eigenvalue weighted by Gasteiger charge is 2.26. The number of nitrogens with two attached hydrogens (primary N) is 1. The second kappa shape index (κ2) is 4.74. The smallest absolute Gasteiger partial charge is 0.0602 e. The summed E-state index contributed by atoms with van der Waals surface area (Å²) in [6, 6.07) is 7.97. The van der Waals surface area contributed by atoms with Crippen molar-refractivity contribution in [3.05, 3.63) is 24.3 Å². The van der Waals surface area contributed by atoms with Crippen LogP contribution in [0.4, 0.5) is 11.4 Å². The molecule has 0 aliphatic carbocycles. The number of rotatable bonds is 2. The van der Waals surface area contributed by atoms with Crippen molar-refractivity contribution in [1.82, 2.24) is 0 Å². The second-order valence-corrected chi connectivity index (χ2v) is 4.56. The van der Waals surface area contributed by atoms with Crippen LogP contribution in [0.15, 0.2) is 24.3 Å². The summed E-state index contributed by atoms with van der Waals surface area (Å²) >= 11 is 0. The van der Waals surface area contributed by atoms with E-state index in [4.69, 9.17) is 5.73 Å². The molecule has 3 nitrogen and oxygen atoms in total. The van der Waals surface area contributed by atoms with Crippen LogP contribution in [0.1, 0.15) is 19.8 Å². The van der Waals surface area contributed by atoms with Crippen LogP contribution in [0.3, 0.4) is 0 Å². The zero-order chi connectivity index (χ0) is 11.5. The Morgan fingerprint density at radius 2 is 2.06 bits per heavy atom.